The number of hydrogen-bond donors (Lipinski definition) is 2. The van der Waals surface area contributed by atoms with Gasteiger partial charge in [0.1, 0.15) is 5.75 Å². The number of ether oxygens (including phenoxy) is 1. The fourth-order valence-corrected chi connectivity index (χ4v) is 2.26. The molecular formula is C17H16Cl2N2O2. The van der Waals surface area contributed by atoms with Crippen molar-refractivity contribution in [2.45, 2.75) is 6.92 Å². The van der Waals surface area contributed by atoms with E-state index in [1.807, 2.05) is 25.1 Å². The molecule has 2 rings (SSSR count). The van der Waals surface area contributed by atoms with E-state index < -0.39 is 6.03 Å². The maximum absolute atomic E-state index is 12.0. The number of anilines is 1. The Balaban J connectivity index is 2.03. The molecule has 0 atom stereocenters. The number of carbonyl (C=O) groups is 1. The monoisotopic (exact) mass is 350 g/mol. The van der Waals surface area contributed by atoms with E-state index in [1.165, 1.54) is 13.3 Å². The Kier molecular flexibility index (Phi) is 5.90. The molecule has 0 unspecified atom stereocenters. The van der Waals surface area contributed by atoms with Gasteiger partial charge in [0.25, 0.3) is 0 Å². The Morgan fingerprint density at radius 3 is 2.61 bits per heavy atom. The highest BCUT2D eigenvalue weighted by Crippen LogP contribution is 2.30. The minimum absolute atomic E-state index is 0.395. The van der Waals surface area contributed by atoms with Crippen LogP contribution in [-0.2, 0) is 0 Å². The van der Waals surface area contributed by atoms with Crippen LogP contribution in [0.4, 0.5) is 10.5 Å². The van der Waals surface area contributed by atoms with E-state index >= 15 is 0 Å². The van der Waals surface area contributed by atoms with Crippen molar-refractivity contribution in [3.8, 4) is 5.75 Å². The van der Waals surface area contributed by atoms with Crippen LogP contribution in [0.25, 0.3) is 6.08 Å². The summed E-state index contributed by atoms with van der Waals surface area (Å²) in [5, 5.41) is 6.51. The topological polar surface area (TPSA) is 50.4 Å². The maximum Gasteiger partial charge on any atom is 0.323 e. The molecule has 2 amide bonds. The van der Waals surface area contributed by atoms with Crippen LogP contribution < -0.4 is 15.4 Å². The number of halogens is 2. The molecule has 0 radical (unpaired) electrons. The molecule has 6 heteroatoms. The Labute approximate surface area is 145 Å². The molecule has 2 aromatic rings. The van der Waals surface area contributed by atoms with Crippen LogP contribution in [0, 0.1) is 6.92 Å². The van der Waals surface area contributed by atoms with Gasteiger partial charge in [-0.15, -0.1) is 0 Å². The van der Waals surface area contributed by atoms with Gasteiger partial charge in [0, 0.05) is 22.3 Å². The number of benzene rings is 2. The van der Waals surface area contributed by atoms with Gasteiger partial charge >= 0.3 is 6.03 Å². The van der Waals surface area contributed by atoms with Gasteiger partial charge in [-0.3, -0.25) is 0 Å². The predicted molar refractivity (Wildman–Crippen MR) is 95.4 cm³/mol. The Bertz CT molecular complexity index is 745. The molecule has 0 heterocycles. The molecule has 4 nitrogen and oxygen atoms in total. The predicted octanol–water partition coefficient (Wildman–Crippen LogP) is 5.10. The summed E-state index contributed by atoms with van der Waals surface area (Å²) in [6.07, 6.45) is 3.23. The molecule has 2 aromatic carbocycles. The molecule has 0 bridgehead atoms. The third-order valence-electron chi connectivity index (χ3n) is 3.11. The zero-order valence-electron chi connectivity index (χ0n) is 12.7. The van der Waals surface area contributed by atoms with Gasteiger partial charge in [-0.25, -0.2) is 4.79 Å². The van der Waals surface area contributed by atoms with Gasteiger partial charge in [-0.2, -0.15) is 0 Å². The third kappa shape index (κ3) is 4.65. The normalized spacial score (nSPS) is 10.6. The van der Waals surface area contributed by atoms with E-state index in [4.69, 9.17) is 27.9 Å². The van der Waals surface area contributed by atoms with Gasteiger partial charge < -0.3 is 15.4 Å². The lowest BCUT2D eigenvalue weighted by Gasteiger charge is -2.12. The minimum atomic E-state index is -0.395. The van der Waals surface area contributed by atoms with Crippen molar-refractivity contribution in [2.24, 2.45) is 0 Å². The number of rotatable bonds is 4. The summed E-state index contributed by atoms with van der Waals surface area (Å²) in [5.74, 6) is 0.492. The minimum Gasteiger partial charge on any atom is -0.495 e. The standard InChI is InChI=1S/C17H16Cl2N2O2/c1-11-9-15(16(23-2)10-14(11)19)21-17(22)20-8-7-12-5-3-4-6-13(12)18/h3-10H,1-2H3,(H2,20,21,22)/b8-7+. The average Bonchev–Trinajstić information content (AvgIpc) is 2.52. The first-order valence-electron chi connectivity index (χ1n) is 6.84. The lowest BCUT2D eigenvalue weighted by atomic mass is 10.2. The van der Waals surface area contributed by atoms with E-state index in [0.29, 0.717) is 21.5 Å². The molecule has 0 aliphatic carbocycles. The van der Waals surface area contributed by atoms with Crippen molar-refractivity contribution in [2.75, 3.05) is 12.4 Å². The number of hydrogen-bond acceptors (Lipinski definition) is 2. The van der Waals surface area contributed by atoms with Crippen LogP contribution >= 0.6 is 23.2 Å². The van der Waals surface area contributed by atoms with Crippen molar-refractivity contribution in [1.29, 1.82) is 0 Å². The summed E-state index contributed by atoms with van der Waals surface area (Å²) < 4.78 is 5.21. The quantitative estimate of drug-likeness (QED) is 0.805. The molecule has 0 saturated carbocycles. The number of nitrogens with one attached hydrogen (secondary N) is 2. The number of amides is 2. The SMILES string of the molecule is COc1cc(Cl)c(C)cc1NC(=O)N/C=C/c1ccccc1Cl. The van der Waals surface area contributed by atoms with Crippen molar-refractivity contribution in [3.63, 3.8) is 0 Å². The first-order chi connectivity index (χ1) is 11.0. The van der Waals surface area contributed by atoms with Crippen LogP contribution in [0.3, 0.4) is 0 Å². The lowest BCUT2D eigenvalue weighted by molar-refractivity contribution is 0.255. The fourth-order valence-electron chi connectivity index (χ4n) is 1.91. The zero-order chi connectivity index (χ0) is 16.8. The molecule has 0 aromatic heterocycles. The number of aryl methyl sites for hydroxylation is 1. The first-order valence-corrected chi connectivity index (χ1v) is 7.59. The molecule has 0 aliphatic heterocycles. The zero-order valence-corrected chi connectivity index (χ0v) is 14.2. The Morgan fingerprint density at radius 2 is 1.91 bits per heavy atom. The van der Waals surface area contributed by atoms with Crippen molar-refractivity contribution < 1.29 is 9.53 Å². The summed E-state index contributed by atoms with van der Waals surface area (Å²) in [4.78, 5) is 12.0. The summed E-state index contributed by atoms with van der Waals surface area (Å²) in [5.41, 5.74) is 2.20. The van der Waals surface area contributed by atoms with Gasteiger partial charge in [-0.1, -0.05) is 41.4 Å². The Morgan fingerprint density at radius 1 is 1.17 bits per heavy atom. The fraction of sp³-hybridized carbons (Fsp3) is 0.118. The van der Waals surface area contributed by atoms with Crippen molar-refractivity contribution in [1.82, 2.24) is 5.32 Å². The molecule has 0 saturated heterocycles. The van der Waals surface area contributed by atoms with Crippen LogP contribution in [0.15, 0.2) is 42.6 Å². The molecular weight excluding hydrogens is 335 g/mol. The van der Waals surface area contributed by atoms with Crippen LogP contribution in [-0.4, -0.2) is 13.1 Å². The van der Waals surface area contributed by atoms with Crippen molar-refractivity contribution in [3.05, 3.63) is 63.8 Å². The summed E-state index contributed by atoms with van der Waals surface area (Å²) in [7, 11) is 1.52. The summed E-state index contributed by atoms with van der Waals surface area (Å²) in [6.45, 7) is 1.85. The van der Waals surface area contributed by atoms with E-state index in [9.17, 15) is 4.79 Å². The highest BCUT2D eigenvalue weighted by Gasteiger charge is 2.09. The highest BCUT2D eigenvalue weighted by atomic mass is 35.5. The van der Waals surface area contributed by atoms with Gasteiger partial charge in [0.15, 0.2) is 0 Å². The molecule has 2 N–H and O–H groups in total. The van der Waals surface area contributed by atoms with Crippen LogP contribution in [0.2, 0.25) is 10.0 Å². The molecule has 0 spiro atoms. The maximum atomic E-state index is 12.0. The van der Waals surface area contributed by atoms with E-state index in [2.05, 4.69) is 10.6 Å². The molecule has 120 valence electrons. The van der Waals surface area contributed by atoms with E-state index in [-0.39, 0.29) is 0 Å². The second kappa shape index (κ2) is 7.90. The van der Waals surface area contributed by atoms with Gasteiger partial charge in [-0.05, 0) is 36.3 Å². The molecule has 23 heavy (non-hydrogen) atoms. The summed E-state index contributed by atoms with van der Waals surface area (Å²) in [6, 6.07) is 10.4. The largest absolute Gasteiger partial charge is 0.495 e. The summed E-state index contributed by atoms with van der Waals surface area (Å²) >= 11 is 12.1. The average molecular weight is 351 g/mol. The molecule has 0 fully saturated rings. The number of carbonyl (C=O) groups excluding carboxylic acids is 1. The second-order valence-electron chi connectivity index (χ2n) is 4.75. The number of urea groups is 1. The highest BCUT2D eigenvalue weighted by molar-refractivity contribution is 6.32. The van der Waals surface area contributed by atoms with Crippen LogP contribution in [0.5, 0.6) is 5.75 Å². The van der Waals surface area contributed by atoms with Gasteiger partial charge in [0.05, 0.1) is 12.8 Å². The lowest BCUT2D eigenvalue weighted by Crippen LogP contribution is -2.24. The smallest absolute Gasteiger partial charge is 0.323 e. The van der Waals surface area contributed by atoms with Crippen LogP contribution in [0.1, 0.15) is 11.1 Å². The van der Waals surface area contributed by atoms with Crippen molar-refractivity contribution >= 4 is 41.0 Å². The van der Waals surface area contributed by atoms with E-state index in [1.54, 1.807) is 24.3 Å². The van der Waals surface area contributed by atoms with Gasteiger partial charge in [0.2, 0.25) is 0 Å². The third-order valence-corrected chi connectivity index (χ3v) is 3.86. The Hall–Kier alpha value is -2.17. The van der Waals surface area contributed by atoms with E-state index in [0.717, 1.165) is 11.1 Å². The first kappa shape index (κ1) is 17.2. The molecule has 0 aliphatic rings. The number of methoxy groups -OCH3 is 1. The second-order valence-corrected chi connectivity index (χ2v) is 5.57.